The largest absolute Gasteiger partial charge is 0.379 e. The quantitative estimate of drug-likeness (QED) is 0.808. The lowest BCUT2D eigenvalue weighted by Gasteiger charge is -2.36. The fourth-order valence-electron chi connectivity index (χ4n) is 3.43. The molecule has 1 aliphatic carbocycles. The number of ether oxygens (including phenoxy) is 1. The molecule has 1 aliphatic heterocycles. The van der Waals surface area contributed by atoms with Crippen LogP contribution in [0.4, 0.5) is 0 Å². The normalized spacial score (nSPS) is 20.2. The number of hydrogen-bond donors (Lipinski definition) is 0. The van der Waals surface area contributed by atoms with Crippen molar-refractivity contribution in [3.8, 4) is 0 Å². The number of rotatable bonds is 6. The molecule has 0 bridgehead atoms. The maximum Gasteiger partial charge on any atom is 0.227 e. The van der Waals surface area contributed by atoms with E-state index in [0.29, 0.717) is 13.0 Å². The van der Waals surface area contributed by atoms with Crippen LogP contribution in [0.3, 0.4) is 0 Å². The molecule has 1 atom stereocenters. The molecular formula is C18H23N3O2S. The summed E-state index contributed by atoms with van der Waals surface area (Å²) in [4.78, 5) is 14.9. The minimum atomic E-state index is -0.0221. The molecule has 5 nitrogen and oxygen atoms in total. The second-order valence-corrected chi connectivity index (χ2v) is 7.60. The van der Waals surface area contributed by atoms with Crippen molar-refractivity contribution < 1.29 is 9.53 Å². The first-order valence-corrected chi connectivity index (χ1v) is 9.55. The van der Waals surface area contributed by atoms with Gasteiger partial charge in [0.1, 0.15) is 0 Å². The second-order valence-electron chi connectivity index (χ2n) is 6.82. The number of nitrogens with zero attached hydrogens (tertiary/aromatic N) is 3. The number of carbonyl (C=O) groups is 1. The Labute approximate surface area is 146 Å². The lowest BCUT2D eigenvalue weighted by Crippen LogP contribution is -2.43. The molecule has 0 radical (unpaired) electrons. The Morgan fingerprint density at radius 2 is 2.29 bits per heavy atom. The van der Waals surface area contributed by atoms with Crippen LogP contribution in [-0.4, -0.2) is 40.3 Å². The standard InChI is InChI=1S/C18H23N3O2S/c1-20-18-15(9-19-20)4-6-21(16(18)11-23-10-13-2-3-13)17(22)8-14-5-7-24-12-14/h5,7,9,12-13,16H,2-4,6,8,10-11H2,1H3. The monoisotopic (exact) mass is 345 g/mol. The number of hydrogen-bond acceptors (Lipinski definition) is 4. The van der Waals surface area contributed by atoms with E-state index in [1.165, 1.54) is 18.4 Å². The second kappa shape index (κ2) is 6.69. The van der Waals surface area contributed by atoms with Gasteiger partial charge in [0, 0.05) is 20.2 Å². The summed E-state index contributed by atoms with van der Waals surface area (Å²) in [5.41, 5.74) is 3.48. The van der Waals surface area contributed by atoms with Crippen molar-refractivity contribution in [2.45, 2.75) is 31.7 Å². The predicted molar refractivity (Wildman–Crippen MR) is 92.9 cm³/mol. The molecule has 0 saturated heterocycles. The molecule has 1 fully saturated rings. The molecule has 128 valence electrons. The van der Waals surface area contributed by atoms with Gasteiger partial charge in [-0.3, -0.25) is 9.48 Å². The van der Waals surface area contributed by atoms with E-state index in [-0.39, 0.29) is 11.9 Å². The molecule has 24 heavy (non-hydrogen) atoms. The van der Waals surface area contributed by atoms with Gasteiger partial charge in [-0.15, -0.1) is 0 Å². The summed E-state index contributed by atoms with van der Waals surface area (Å²) in [5, 5.41) is 8.47. The van der Waals surface area contributed by atoms with Crippen LogP contribution in [0.25, 0.3) is 0 Å². The molecule has 0 spiro atoms. The predicted octanol–water partition coefficient (Wildman–Crippen LogP) is 2.58. The van der Waals surface area contributed by atoms with E-state index in [0.717, 1.165) is 36.7 Å². The van der Waals surface area contributed by atoms with Crippen LogP contribution >= 0.6 is 11.3 Å². The molecule has 2 aromatic rings. The summed E-state index contributed by atoms with van der Waals surface area (Å²) in [7, 11) is 1.96. The van der Waals surface area contributed by atoms with Crippen LogP contribution in [-0.2, 0) is 29.4 Å². The topological polar surface area (TPSA) is 47.4 Å². The van der Waals surface area contributed by atoms with E-state index < -0.39 is 0 Å². The Morgan fingerprint density at radius 3 is 3.04 bits per heavy atom. The molecule has 2 aliphatic rings. The maximum atomic E-state index is 12.9. The highest BCUT2D eigenvalue weighted by atomic mass is 32.1. The summed E-state index contributed by atoms with van der Waals surface area (Å²) in [6.07, 6.45) is 5.84. The minimum Gasteiger partial charge on any atom is -0.379 e. The highest BCUT2D eigenvalue weighted by Gasteiger charge is 2.34. The molecule has 0 N–H and O–H groups in total. The summed E-state index contributed by atoms with van der Waals surface area (Å²) >= 11 is 1.64. The van der Waals surface area contributed by atoms with Gasteiger partial charge in [0.05, 0.1) is 31.0 Å². The minimum absolute atomic E-state index is 0.0221. The fraction of sp³-hybridized carbons (Fsp3) is 0.556. The Kier molecular flexibility index (Phi) is 4.41. The lowest BCUT2D eigenvalue weighted by atomic mass is 9.99. The van der Waals surface area contributed by atoms with Gasteiger partial charge in [-0.2, -0.15) is 16.4 Å². The maximum absolute atomic E-state index is 12.9. The SMILES string of the molecule is Cn1ncc2c1C(COCC1CC1)N(C(=O)Cc1ccsc1)CC2. The first-order valence-electron chi connectivity index (χ1n) is 8.61. The number of aromatic nitrogens is 2. The number of carbonyl (C=O) groups excluding carboxylic acids is 1. The van der Waals surface area contributed by atoms with Crippen molar-refractivity contribution in [2.75, 3.05) is 19.8 Å². The van der Waals surface area contributed by atoms with Crippen LogP contribution in [0.1, 0.15) is 35.7 Å². The number of fused-ring (bicyclic) bond motifs is 1. The third kappa shape index (κ3) is 3.26. The number of aryl methyl sites for hydroxylation is 1. The first kappa shape index (κ1) is 15.8. The average Bonchev–Trinajstić information content (AvgIpc) is 3.11. The zero-order valence-electron chi connectivity index (χ0n) is 14.0. The molecule has 4 rings (SSSR count). The third-order valence-corrected chi connectivity index (χ3v) is 5.69. The van der Waals surface area contributed by atoms with Crippen molar-refractivity contribution in [1.29, 1.82) is 0 Å². The Balaban J connectivity index is 1.52. The van der Waals surface area contributed by atoms with Gasteiger partial charge in [0.15, 0.2) is 0 Å². The van der Waals surface area contributed by atoms with Gasteiger partial charge in [-0.05, 0) is 53.1 Å². The summed E-state index contributed by atoms with van der Waals surface area (Å²) < 4.78 is 7.87. The molecule has 2 aromatic heterocycles. The molecule has 6 heteroatoms. The van der Waals surface area contributed by atoms with Gasteiger partial charge in [-0.25, -0.2) is 0 Å². The van der Waals surface area contributed by atoms with Crippen LogP contribution in [0, 0.1) is 5.92 Å². The summed E-state index contributed by atoms with van der Waals surface area (Å²) in [6, 6.07) is 2.01. The van der Waals surface area contributed by atoms with Crippen molar-refractivity contribution >= 4 is 17.2 Å². The van der Waals surface area contributed by atoms with Gasteiger partial charge in [-0.1, -0.05) is 0 Å². The van der Waals surface area contributed by atoms with Crippen molar-refractivity contribution in [1.82, 2.24) is 14.7 Å². The third-order valence-electron chi connectivity index (χ3n) is 4.96. The van der Waals surface area contributed by atoms with Crippen LogP contribution in [0.15, 0.2) is 23.0 Å². The van der Waals surface area contributed by atoms with Crippen molar-refractivity contribution in [3.05, 3.63) is 39.8 Å². The van der Waals surface area contributed by atoms with Crippen molar-refractivity contribution in [2.24, 2.45) is 13.0 Å². The van der Waals surface area contributed by atoms with Gasteiger partial charge in [0.25, 0.3) is 0 Å². The smallest absolute Gasteiger partial charge is 0.227 e. The van der Waals surface area contributed by atoms with Crippen LogP contribution < -0.4 is 0 Å². The van der Waals surface area contributed by atoms with E-state index in [9.17, 15) is 4.79 Å². The first-order chi connectivity index (χ1) is 11.7. The molecule has 1 saturated carbocycles. The molecule has 0 aromatic carbocycles. The molecule has 1 amide bonds. The average molecular weight is 345 g/mol. The van der Waals surface area contributed by atoms with Crippen LogP contribution in [0.2, 0.25) is 0 Å². The van der Waals surface area contributed by atoms with E-state index in [1.54, 1.807) is 11.3 Å². The summed E-state index contributed by atoms with van der Waals surface area (Å²) in [5.74, 6) is 0.912. The summed E-state index contributed by atoms with van der Waals surface area (Å²) in [6.45, 7) is 2.13. The zero-order chi connectivity index (χ0) is 16.5. The Morgan fingerprint density at radius 1 is 1.42 bits per heavy atom. The van der Waals surface area contributed by atoms with Gasteiger partial charge >= 0.3 is 0 Å². The highest BCUT2D eigenvalue weighted by Crippen LogP contribution is 2.32. The van der Waals surface area contributed by atoms with Gasteiger partial charge < -0.3 is 9.64 Å². The Hall–Kier alpha value is -1.66. The molecule has 1 unspecified atom stereocenters. The molecular weight excluding hydrogens is 322 g/mol. The fourth-order valence-corrected chi connectivity index (χ4v) is 4.10. The van der Waals surface area contributed by atoms with E-state index >= 15 is 0 Å². The highest BCUT2D eigenvalue weighted by molar-refractivity contribution is 7.08. The van der Waals surface area contributed by atoms with E-state index in [4.69, 9.17) is 4.74 Å². The number of thiophene rings is 1. The zero-order valence-corrected chi connectivity index (χ0v) is 14.8. The number of amides is 1. The Bertz CT molecular complexity index is 706. The van der Waals surface area contributed by atoms with Crippen molar-refractivity contribution in [3.63, 3.8) is 0 Å². The van der Waals surface area contributed by atoms with Crippen LogP contribution in [0.5, 0.6) is 0 Å². The molecule has 3 heterocycles. The van der Waals surface area contributed by atoms with E-state index in [2.05, 4.69) is 10.5 Å². The van der Waals surface area contributed by atoms with E-state index in [1.807, 2.05) is 34.3 Å². The van der Waals surface area contributed by atoms with Gasteiger partial charge in [0.2, 0.25) is 5.91 Å². The lowest BCUT2D eigenvalue weighted by molar-refractivity contribution is -0.135.